The smallest absolute Gasteiger partial charge is 0.411 e. The number of nitrogens with zero attached hydrogens (tertiary/aromatic N) is 1. The van der Waals surface area contributed by atoms with Crippen LogP contribution in [0.2, 0.25) is 0 Å². The molecule has 5 nitrogen and oxygen atoms in total. The first-order valence-electron chi connectivity index (χ1n) is 5.76. The number of hydrogen-bond acceptors (Lipinski definition) is 5. The fraction of sp³-hybridized carbons (Fsp3) is 0.333. The maximum atomic E-state index is 11.9. The number of aromatic carboxylic acids is 1. The number of thiazole rings is 1. The van der Waals surface area contributed by atoms with Crippen LogP contribution in [-0.4, -0.2) is 35.4 Å². The van der Waals surface area contributed by atoms with Gasteiger partial charge in [0.15, 0.2) is 5.76 Å². The molecule has 0 spiro atoms. The maximum absolute atomic E-state index is 11.9. The zero-order valence-corrected chi connectivity index (χ0v) is 11.3. The molecular formula is C12H10F3NO4S. The van der Waals surface area contributed by atoms with Gasteiger partial charge >= 0.3 is 12.1 Å². The molecule has 0 saturated heterocycles. The van der Waals surface area contributed by atoms with Gasteiger partial charge in [-0.15, -0.1) is 11.3 Å². The molecule has 0 saturated carbocycles. The molecule has 9 heteroatoms. The number of ether oxygens (including phenoxy) is 1. The van der Waals surface area contributed by atoms with E-state index < -0.39 is 18.8 Å². The Morgan fingerprint density at radius 1 is 1.48 bits per heavy atom. The van der Waals surface area contributed by atoms with Gasteiger partial charge < -0.3 is 14.3 Å². The Labute approximate surface area is 121 Å². The van der Waals surface area contributed by atoms with Crippen LogP contribution in [0.4, 0.5) is 13.2 Å². The Morgan fingerprint density at radius 2 is 2.24 bits per heavy atom. The van der Waals surface area contributed by atoms with Gasteiger partial charge in [0.1, 0.15) is 18.6 Å². The fourth-order valence-corrected chi connectivity index (χ4v) is 2.24. The number of aromatic nitrogens is 1. The summed E-state index contributed by atoms with van der Waals surface area (Å²) in [6, 6.07) is 1.33. The Bertz CT molecular complexity index is 620. The Balaban J connectivity index is 1.90. The highest BCUT2D eigenvalue weighted by Crippen LogP contribution is 2.24. The summed E-state index contributed by atoms with van der Waals surface area (Å²) in [5, 5.41) is 11.0. The molecule has 0 amide bonds. The van der Waals surface area contributed by atoms with E-state index in [2.05, 4.69) is 9.72 Å². The summed E-state index contributed by atoms with van der Waals surface area (Å²) in [4.78, 5) is 14.9. The van der Waals surface area contributed by atoms with Gasteiger partial charge in [0.05, 0.1) is 17.2 Å². The van der Waals surface area contributed by atoms with Crippen molar-refractivity contribution in [3.8, 4) is 11.5 Å². The summed E-state index contributed by atoms with van der Waals surface area (Å²) in [6.07, 6.45) is -2.99. The standard InChI is InChI=1S/C12H10F3NO4S/c13-12(14,15)6-19-2-1-10-16-8(5-21-10)9-3-7(4-20-9)11(17)18/h3-5H,1-2,6H2,(H,17,18). The zero-order chi connectivity index (χ0) is 15.5. The molecule has 2 rings (SSSR count). The molecule has 2 heterocycles. The van der Waals surface area contributed by atoms with Crippen LogP contribution in [-0.2, 0) is 11.2 Å². The monoisotopic (exact) mass is 321 g/mol. The van der Waals surface area contributed by atoms with E-state index in [1.165, 1.54) is 17.4 Å². The summed E-state index contributed by atoms with van der Waals surface area (Å²) in [5.74, 6) is -0.813. The molecule has 0 aliphatic rings. The fourth-order valence-electron chi connectivity index (χ4n) is 1.47. The van der Waals surface area contributed by atoms with Crippen LogP contribution in [0.15, 0.2) is 22.1 Å². The van der Waals surface area contributed by atoms with Crippen molar-refractivity contribution in [3.05, 3.63) is 28.3 Å². The van der Waals surface area contributed by atoms with Crippen LogP contribution in [0.1, 0.15) is 15.4 Å². The first-order chi connectivity index (χ1) is 9.85. The average molecular weight is 321 g/mol. The maximum Gasteiger partial charge on any atom is 0.411 e. The van der Waals surface area contributed by atoms with Gasteiger partial charge in [0.25, 0.3) is 0 Å². The molecule has 114 valence electrons. The number of carbonyl (C=O) groups is 1. The summed E-state index contributed by atoms with van der Waals surface area (Å²) < 4.78 is 45.2. The molecule has 21 heavy (non-hydrogen) atoms. The number of hydrogen-bond donors (Lipinski definition) is 1. The first kappa shape index (κ1) is 15.5. The van der Waals surface area contributed by atoms with Crippen LogP contribution in [0.3, 0.4) is 0 Å². The lowest BCUT2D eigenvalue weighted by atomic mass is 10.3. The van der Waals surface area contributed by atoms with Gasteiger partial charge in [0.2, 0.25) is 0 Å². The van der Waals surface area contributed by atoms with E-state index >= 15 is 0 Å². The van der Waals surface area contributed by atoms with E-state index in [9.17, 15) is 18.0 Å². The number of halogens is 3. The van der Waals surface area contributed by atoms with Crippen LogP contribution < -0.4 is 0 Å². The first-order valence-corrected chi connectivity index (χ1v) is 6.64. The Kier molecular flexibility index (Phi) is 4.63. The lowest BCUT2D eigenvalue weighted by molar-refractivity contribution is -0.173. The highest BCUT2D eigenvalue weighted by Gasteiger charge is 2.27. The third-order valence-electron chi connectivity index (χ3n) is 2.38. The van der Waals surface area contributed by atoms with Gasteiger partial charge in [-0.2, -0.15) is 13.2 Å². The molecule has 2 aromatic heterocycles. The van der Waals surface area contributed by atoms with Crippen LogP contribution >= 0.6 is 11.3 Å². The van der Waals surface area contributed by atoms with Gasteiger partial charge in [-0.25, -0.2) is 9.78 Å². The number of carboxylic acids is 1. The minimum absolute atomic E-state index is 0.00746. The van der Waals surface area contributed by atoms with Crippen molar-refractivity contribution in [2.45, 2.75) is 12.6 Å². The van der Waals surface area contributed by atoms with E-state index in [1.54, 1.807) is 5.38 Å². The molecular weight excluding hydrogens is 311 g/mol. The van der Waals surface area contributed by atoms with Crippen molar-refractivity contribution in [2.75, 3.05) is 13.2 Å². The summed E-state index contributed by atoms with van der Waals surface area (Å²) in [5.41, 5.74) is 0.450. The van der Waals surface area contributed by atoms with E-state index in [1.807, 2.05) is 0 Å². The van der Waals surface area contributed by atoms with E-state index in [-0.39, 0.29) is 18.6 Å². The topological polar surface area (TPSA) is 72.6 Å². The van der Waals surface area contributed by atoms with Crippen molar-refractivity contribution >= 4 is 17.3 Å². The van der Waals surface area contributed by atoms with Crippen LogP contribution in [0.25, 0.3) is 11.5 Å². The minimum atomic E-state index is -4.34. The molecule has 2 aromatic rings. The lowest BCUT2D eigenvalue weighted by Crippen LogP contribution is -2.17. The molecule has 0 aromatic carbocycles. The molecule has 0 aliphatic heterocycles. The number of rotatable bonds is 6. The third kappa shape index (κ3) is 4.57. The molecule has 0 atom stereocenters. The van der Waals surface area contributed by atoms with Crippen molar-refractivity contribution < 1.29 is 32.2 Å². The SMILES string of the molecule is O=C(O)c1coc(-c2csc(CCOCC(F)(F)F)n2)c1. The highest BCUT2D eigenvalue weighted by molar-refractivity contribution is 7.09. The quantitative estimate of drug-likeness (QED) is 0.827. The molecule has 0 radical (unpaired) electrons. The summed E-state index contributed by atoms with van der Waals surface area (Å²) >= 11 is 1.24. The molecule has 1 N–H and O–H groups in total. The van der Waals surface area contributed by atoms with E-state index in [4.69, 9.17) is 9.52 Å². The normalized spacial score (nSPS) is 11.8. The molecule has 0 bridgehead atoms. The van der Waals surface area contributed by atoms with Gasteiger partial charge in [-0.05, 0) is 0 Å². The Morgan fingerprint density at radius 3 is 2.86 bits per heavy atom. The second-order valence-electron chi connectivity index (χ2n) is 4.05. The molecule has 0 fully saturated rings. The van der Waals surface area contributed by atoms with Gasteiger partial charge in [-0.3, -0.25) is 0 Å². The summed E-state index contributed by atoms with van der Waals surface area (Å²) in [6.45, 7) is -1.38. The second-order valence-corrected chi connectivity index (χ2v) is 4.99. The predicted molar refractivity (Wildman–Crippen MR) is 67.4 cm³/mol. The largest absolute Gasteiger partial charge is 0.478 e. The van der Waals surface area contributed by atoms with Crippen molar-refractivity contribution in [1.82, 2.24) is 4.98 Å². The lowest BCUT2D eigenvalue weighted by Gasteiger charge is -2.05. The Hall–Kier alpha value is -1.87. The highest BCUT2D eigenvalue weighted by atomic mass is 32.1. The predicted octanol–water partition coefficient (Wildman–Crippen LogP) is 3.22. The summed E-state index contributed by atoms with van der Waals surface area (Å²) in [7, 11) is 0. The van der Waals surface area contributed by atoms with Crippen molar-refractivity contribution in [2.24, 2.45) is 0 Å². The van der Waals surface area contributed by atoms with Gasteiger partial charge in [0, 0.05) is 17.9 Å². The number of furan rings is 1. The molecule has 0 unspecified atom stereocenters. The van der Waals surface area contributed by atoms with E-state index in [0.717, 1.165) is 6.26 Å². The van der Waals surface area contributed by atoms with E-state index in [0.29, 0.717) is 16.5 Å². The minimum Gasteiger partial charge on any atom is -0.478 e. The van der Waals surface area contributed by atoms with Crippen LogP contribution in [0.5, 0.6) is 0 Å². The average Bonchev–Trinajstić information content (AvgIpc) is 3.02. The number of alkyl halides is 3. The van der Waals surface area contributed by atoms with Gasteiger partial charge in [-0.1, -0.05) is 0 Å². The third-order valence-corrected chi connectivity index (χ3v) is 3.29. The number of carboxylic acid groups (broad SMARTS) is 1. The zero-order valence-electron chi connectivity index (χ0n) is 10.5. The second kappa shape index (κ2) is 6.27. The van der Waals surface area contributed by atoms with Crippen LogP contribution in [0, 0.1) is 0 Å². The van der Waals surface area contributed by atoms with Crippen molar-refractivity contribution in [3.63, 3.8) is 0 Å². The molecule has 0 aliphatic carbocycles. The van der Waals surface area contributed by atoms with Crippen molar-refractivity contribution in [1.29, 1.82) is 0 Å².